The lowest BCUT2D eigenvalue weighted by atomic mass is 9.49. The van der Waals surface area contributed by atoms with Gasteiger partial charge >= 0.3 is 29.8 Å². The van der Waals surface area contributed by atoms with Gasteiger partial charge in [0.1, 0.15) is 0 Å². The molecule has 0 bridgehead atoms. The van der Waals surface area contributed by atoms with E-state index < -0.39 is 66.0 Å². The van der Waals surface area contributed by atoms with Gasteiger partial charge in [-0.05, 0) is 75.3 Å². The van der Waals surface area contributed by atoms with Gasteiger partial charge in [0.25, 0.3) is 0 Å². The Hall–Kier alpha value is -3.67. The van der Waals surface area contributed by atoms with Gasteiger partial charge in [0, 0.05) is 20.8 Å². The third-order valence-corrected chi connectivity index (χ3v) is 9.71. The fraction of sp³-hybridized carbons (Fsp3) is 0.667. The Labute approximate surface area is 263 Å². The van der Waals surface area contributed by atoms with Crippen LogP contribution in [-0.4, -0.2) is 67.7 Å². The van der Waals surface area contributed by atoms with Crippen LogP contribution in [0.2, 0.25) is 0 Å². The topological polar surface area (TPSA) is 154 Å². The molecule has 1 aromatic heterocycles. The summed E-state index contributed by atoms with van der Waals surface area (Å²) < 4.78 is 38.2. The van der Waals surface area contributed by atoms with Crippen molar-refractivity contribution in [2.75, 3.05) is 7.11 Å². The first-order valence-electron chi connectivity index (χ1n) is 15.4. The standard InChI is InChI=1S/C33H44O12/c1-18-9-12-24-32(5,23(18)11-10-22-13-16-40-17-22)14-8-15-33(24,6)31(38)45-30-28(43-21(4)36)26(42-20(3)35)25(41-19(2)34)27(44-30)29(37)39-7/h13,16-17,24-28,30H,8-12,14-15H2,1-7H3/t24-,25-,26+,27+,28+,30+,32-,33+/m1/s1. The Bertz CT molecular complexity index is 1310. The number of rotatable bonds is 9. The minimum atomic E-state index is -1.67. The maximum absolute atomic E-state index is 14.3. The fourth-order valence-electron chi connectivity index (χ4n) is 7.73. The lowest BCUT2D eigenvalue weighted by Crippen LogP contribution is -2.64. The smallest absolute Gasteiger partial charge is 0.339 e. The Morgan fingerprint density at radius 1 is 0.889 bits per heavy atom. The number of carbonyl (C=O) groups is 5. The SMILES string of the molecule is COC(=O)[C@H]1O[C@@H](OC(=O)[C@@]2(C)CCC[C@]3(C)C(CCc4ccoc4)=C(C)CC[C@@H]23)[C@@H](OC(C)=O)[C@@H](OC(C)=O)[C@H]1OC(C)=O. The van der Waals surface area contributed by atoms with E-state index in [1.54, 1.807) is 12.5 Å². The number of allylic oxidation sites excluding steroid dienone is 2. The van der Waals surface area contributed by atoms with Gasteiger partial charge in [-0.2, -0.15) is 0 Å². The second-order valence-electron chi connectivity index (χ2n) is 12.7. The van der Waals surface area contributed by atoms with Crippen molar-refractivity contribution in [1.29, 1.82) is 0 Å². The first-order valence-corrected chi connectivity index (χ1v) is 15.4. The molecule has 0 radical (unpaired) electrons. The van der Waals surface area contributed by atoms with E-state index >= 15 is 0 Å². The van der Waals surface area contributed by atoms with E-state index in [0.29, 0.717) is 6.42 Å². The van der Waals surface area contributed by atoms with Crippen LogP contribution in [0.5, 0.6) is 0 Å². The van der Waals surface area contributed by atoms with Crippen molar-refractivity contribution in [3.8, 4) is 0 Å². The highest BCUT2D eigenvalue weighted by atomic mass is 16.7. The lowest BCUT2D eigenvalue weighted by Gasteiger charge is -2.55. The van der Waals surface area contributed by atoms with Crippen LogP contribution in [0.25, 0.3) is 0 Å². The van der Waals surface area contributed by atoms with E-state index in [2.05, 4.69) is 13.8 Å². The van der Waals surface area contributed by atoms with Gasteiger partial charge in [0.2, 0.25) is 12.4 Å². The number of aryl methyl sites for hydroxylation is 1. The van der Waals surface area contributed by atoms with Crippen LogP contribution >= 0.6 is 0 Å². The predicted octanol–water partition coefficient (Wildman–Crippen LogP) is 4.37. The Morgan fingerprint density at radius 3 is 2.13 bits per heavy atom. The molecule has 0 N–H and O–H groups in total. The van der Waals surface area contributed by atoms with E-state index in [4.69, 9.17) is 32.8 Å². The molecule has 12 nitrogen and oxygen atoms in total. The van der Waals surface area contributed by atoms with E-state index in [0.717, 1.165) is 72.0 Å². The van der Waals surface area contributed by atoms with E-state index in [1.807, 2.05) is 13.0 Å². The van der Waals surface area contributed by atoms with Gasteiger partial charge in [0.15, 0.2) is 18.3 Å². The second kappa shape index (κ2) is 13.8. The Morgan fingerprint density at radius 2 is 1.53 bits per heavy atom. The predicted molar refractivity (Wildman–Crippen MR) is 156 cm³/mol. The largest absolute Gasteiger partial charge is 0.472 e. The van der Waals surface area contributed by atoms with Crippen LogP contribution in [0.4, 0.5) is 0 Å². The van der Waals surface area contributed by atoms with E-state index in [1.165, 1.54) is 11.1 Å². The highest BCUT2D eigenvalue weighted by molar-refractivity contribution is 5.79. The average Bonchev–Trinajstić information content (AvgIpc) is 3.48. The molecule has 2 aliphatic carbocycles. The summed E-state index contributed by atoms with van der Waals surface area (Å²) in [4.78, 5) is 63.5. The first kappa shape index (κ1) is 34.2. The van der Waals surface area contributed by atoms with Gasteiger partial charge in [-0.25, -0.2) is 4.79 Å². The maximum Gasteiger partial charge on any atom is 0.339 e. The molecular weight excluding hydrogens is 588 g/mol. The molecule has 8 atom stereocenters. The van der Waals surface area contributed by atoms with E-state index in [-0.39, 0.29) is 11.3 Å². The van der Waals surface area contributed by atoms with Gasteiger partial charge in [-0.15, -0.1) is 0 Å². The molecule has 2 heterocycles. The molecule has 3 aliphatic rings. The van der Waals surface area contributed by atoms with Gasteiger partial charge in [0.05, 0.1) is 25.1 Å². The minimum absolute atomic E-state index is 0.0699. The molecule has 248 valence electrons. The molecule has 45 heavy (non-hydrogen) atoms. The van der Waals surface area contributed by atoms with Crippen molar-refractivity contribution in [2.45, 2.75) is 117 Å². The number of methoxy groups -OCH3 is 1. The van der Waals surface area contributed by atoms with Crippen molar-refractivity contribution < 1.29 is 56.8 Å². The molecule has 1 saturated carbocycles. The van der Waals surface area contributed by atoms with Crippen LogP contribution < -0.4 is 0 Å². The Balaban J connectivity index is 1.66. The summed E-state index contributed by atoms with van der Waals surface area (Å²) in [6.45, 7) is 9.59. The minimum Gasteiger partial charge on any atom is -0.472 e. The zero-order chi connectivity index (χ0) is 33.1. The zero-order valence-electron chi connectivity index (χ0n) is 27.0. The molecule has 12 heteroatoms. The van der Waals surface area contributed by atoms with Crippen LogP contribution in [0.15, 0.2) is 34.2 Å². The number of carbonyl (C=O) groups excluding carboxylic acids is 5. The summed E-state index contributed by atoms with van der Waals surface area (Å²) in [6, 6.07) is 1.96. The quantitative estimate of drug-likeness (QED) is 0.216. The number of ether oxygens (including phenoxy) is 6. The van der Waals surface area contributed by atoms with Crippen LogP contribution in [0, 0.1) is 16.7 Å². The van der Waals surface area contributed by atoms with Gasteiger partial charge < -0.3 is 32.8 Å². The summed E-state index contributed by atoms with van der Waals surface area (Å²) in [5.74, 6) is -4.05. The number of esters is 5. The summed E-state index contributed by atoms with van der Waals surface area (Å²) in [5.41, 5.74) is 2.57. The molecule has 0 spiro atoms. The number of furan rings is 1. The summed E-state index contributed by atoms with van der Waals surface area (Å²) >= 11 is 0. The molecule has 1 saturated heterocycles. The normalized spacial score (nSPS) is 33.0. The van der Waals surface area contributed by atoms with Crippen LogP contribution in [0.1, 0.15) is 85.6 Å². The van der Waals surface area contributed by atoms with Crippen LogP contribution in [0.3, 0.4) is 0 Å². The van der Waals surface area contributed by atoms with Crippen LogP contribution in [-0.2, 0) is 58.8 Å². The maximum atomic E-state index is 14.3. The van der Waals surface area contributed by atoms with Crippen molar-refractivity contribution in [1.82, 2.24) is 0 Å². The Kier molecular flexibility index (Phi) is 10.5. The van der Waals surface area contributed by atoms with Crippen molar-refractivity contribution >= 4 is 29.8 Å². The average molecular weight is 633 g/mol. The molecule has 1 aliphatic heterocycles. The van der Waals surface area contributed by atoms with Crippen molar-refractivity contribution in [3.05, 3.63) is 35.3 Å². The third kappa shape index (κ3) is 7.10. The number of fused-ring (bicyclic) bond motifs is 1. The molecule has 1 aromatic rings. The van der Waals surface area contributed by atoms with Gasteiger partial charge in [-0.3, -0.25) is 19.2 Å². The number of hydrogen-bond donors (Lipinski definition) is 0. The lowest BCUT2D eigenvalue weighted by molar-refractivity contribution is -0.298. The fourth-order valence-corrected chi connectivity index (χ4v) is 7.73. The highest BCUT2D eigenvalue weighted by Gasteiger charge is 2.60. The molecule has 0 amide bonds. The van der Waals surface area contributed by atoms with Crippen molar-refractivity contribution in [2.24, 2.45) is 16.7 Å². The molecular formula is C33H44O12. The van der Waals surface area contributed by atoms with E-state index in [9.17, 15) is 24.0 Å². The highest BCUT2D eigenvalue weighted by Crippen LogP contribution is 2.61. The monoisotopic (exact) mass is 632 g/mol. The second-order valence-corrected chi connectivity index (χ2v) is 12.7. The molecule has 0 aromatic carbocycles. The first-order chi connectivity index (χ1) is 21.2. The molecule has 0 unspecified atom stereocenters. The summed E-state index contributed by atoms with van der Waals surface area (Å²) in [6.07, 6.45) is 0.981. The van der Waals surface area contributed by atoms with Crippen molar-refractivity contribution in [3.63, 3.8) is 0 Å². The third-order valence-electron chi connectivity index (χ3n) is 9.71. The molecule has 2 fully saturated rings. The summed E-state index contributed by atoms with van der Waals surface area (Å²) in [5, 5.41) is 0. The van der Waals surface area contributed by atoms with Gasteiger partial charge in [-0.1, -0.05) is 24.5 Å². The zero-order valence-corrected chi connectivity index (χ0v) is 27.0. The summed E-state index contributed by atoms with van der Waals surface area (Å²) in [7, 11) is 1.10. The molecule has 4 rings (SSSR count). The number of hydrogen-bond acceptors (Lipinski definition) is 12.